The van der Waals surface area contributed by atoms with Gasteiger partial charge in [0.1, 0.15) is 23.9 Å². The predicted octanol–water partition coefficient (Wildman–Crippen LogP) is 4.00. The average molecular weight is 298 g/mol. The molecule has 0 saturated carbocycles. The third-order valence-corrected chi connectivity index (χ3v) is 2.83. The van der Waals surface area contributed by atoms with Gasteiger partial charge in [0, 0.05) is 0 Å². The van der Waals surface area contributed by atoms with E-state index < -0.39 is 17.5 Å². The van der Waals surface area contributed by atoms with Crippen molar-refractivity contribution in [1.82, 2.24) is 0 Å². The third-order valence-electron chi connectivity index (χ3n) is 2.83. The Hall–Kier alpha value is -2.37. The summed E-state index contributed by atoms with van der Waals surface area (Å²) in [6.07, 6.45) is -4.60. The summed E-state index contributed by atoms with van der Waals surface area (Å²) in [5.74, 6) is 0.375. The lowest BCUT2D eigenvalue weighted by atomic mass is 10.1. The van der Waals surface area contributed by atoms with E-state index in [9.17, 15) is 18.3 Å². The zero-order valence-electron chi connectivity index (χ0n) is 11.1. The molecule has 112 valence electrons. The van der Waals surface area contributed by atoms with Crippen molar-refractivity contribution in [3.63, 3.8) is 0 Å². The van der Waals surface area contributed by atoms with E-state index in [1.165, 1.54) is 13.2 Å². The zero-order chi connectivity index (χ0) is 15.5. The third kappa shape index (κ3) is 3.81. The minimum Gasteiger partial charge on any atom is -0.507 e. The van der Waals surface area contributed by atoms with Gasteiger partial charge >= 0.3 is 6.18 Å². The lowest BCUT2D eigenvalue weighted by Crippen LogP contribution is -2.07. The number of methoxy groups -OCH3 is 1. The predicted molar refractivity (Wildman–Crippen MR) is 70.4 cm³/mol. The molecule has 2 aromatic carbocycles. The van der Waals surface area contributed by atoms with Gasteiger partial charge in [-0.05, 0) is 42.0 Å². The first-order chi connectivity index (χ1) is 9.90. The SMILES string of the molecule is COc1ccc(OCc2ccc(O)c(C(F)(F)F)c2)cc1. The zero-order valence-corrected chi connectivity index (χ0v) is 11.1. The molecule has 0 spiro atoms. The van der Waals surface area contributed by atoms with Crippen molar-refractivity contribution in [3.05, 3.63) is 53.6 Å². The van der Waals surface area contributed by atoms with Gasteiger partial charge in [-0.25, -0.2) is 0 Å². The fraction of sp³-hybridized carbons (Fsp3) is 0.200. The van der Waals surface area contributed by atoms with Gasteiger partial charge in [0.2, 0.25) is 0 Å². The normalized spacial score (nSPS) is 11.2. The standard InChI is InChI=1S/C15H13F3O3/c1-20-11-3-5-12(6-4-11)21-9-10-2-7-14(19)13(8-10)15(16,17)18/h2-8,19H,9H2,1H3. The minimum absolute atomic E-state index is 0.0321. The maximum Gasteiger partial charge on any atom is 0.419 e. The van der Waals surface area contributed by atoms with E-state index in [1.807, 2.05) is 0 Å². The van der Waals surface area contributed by atoms with Crippen LogP contribution in [0.4, 0.5) is 13.2 Å². The molecular formula is C15H13F3O3. The Bertz CT molecular complexity index is 607. The molecule has 0 bridgehead atoms. The van der Waals surface area contributed by atoms with Crippen molar-refractivity contribution in [2.45, 2.75) is 12.8 Å². The average Bonchev–Trinajstić information content (AvgIpc) is 2.45. The highest BCUT2D eigenvalue weighted by molar-refractivity contribution is 5.38. The Morgan fingerprint density at radius 2 is 1.62 bits per heavy atom. The molecule has 0 fully saturated rings. The van der Waals surface area contributed by atoms with Crippen LogP contribution in [0.3, 0.4) is 0 Å². The first-order valence-corrected chi connectivity index (χ1v) is 6.06. The molecule has 0 aromatic heterocycles. The molecule has 0 heterocycles. The number of rotatable bonds is 4. The molecule has 2 aromatic rings. The molecule has 2 rings (SSSR count). The first-order valence-electron chi connectivity index (χ1n) is 6.06. The van der Waals surface area contributed by atoms with Crippen molar-refractivity contribution < 1.29 is 27.8 Å². The molecule has 3 nitrogen and oxygen atoms in total. The maximum atomic E-state index is 12.7. The van der Waals surface area contributed by atoms with E-state index in [0.29, 0.717) is 17.1 Å². The van der Waals surface area contributed by atoms with Crippen LogP contribution in [0.25, 0.3) is 0 Å². The topological polar surface area (TPSA) is 38.7 Å². The molecule has 0 amide bonds. The molecule has 0 atom stereocenters. The van der Waals surface area contributed by atoms with Crippen LogP contribution in [0, 0.1) is 0 Å². The molecule has 1 N–H and O–H groups in total. The van der Waals surface area contributed by atoms with Crippen LogP contribution in [0.5, 0.6) is 17.2 Å². The summed E-state index contributed by atoms with van der Waals surface area (Å²) in [5.41, 5.74) is -0.755. The molecule has 0 saturated heterocycles. The number of alkyl halides is 3. The van der Waals surface area contributed by atoms with Crippen molar-refractivity contribution in [2.24, 2.45) is 0 Å². The summed E-state index contributed by atoms with van der Waals surface area (Å²) < 4.78 is 48.4. The van der Waals surface area contributed by atoms with Crippen LogP contribution in [0.2, 0.25) is 0 Å². The number of benzene rings is 2. The van der Waals surface area contributed by atoms with Crippen LogP contribution in [-0.4, -0.2) is 12.2 Å². The summed E-state index contributed by atoms with van der Waals surface area (Å²) in [6.45, 7) is -0.0321. The van der Waals surface area contributed by atoms with Gasteiger partial charge in [-0.15, -0.1) is 0 Å². The number of aromatic hydroxyl groups is 1. The molecule has 0 unspecified atom stereocenters. The highest BCUT2D eigenvalue weighted by Gasteiger charge is 2.33. The van der Waals surface area contributed by atoms with Crippen LogP contribution < -0.4 is 9.47 Å². The van der Waals surface area contributed by atoms with Gasteiger partial charge in [-0.2, -0.15) is 13.2 Å². The Balaban J connectivity index is 2.09. The van der Waals surface area contributed by atoms with E-state index in [0.717, 1.165) is 12.1 Å². The number of phenolic OH excluding ortho intramolecular Hbond substituents is 1. The second-order valence-corrected chi connectivity index (χ2v) is 4.31. The molecule has 21 heavy (non-hydrogen) atoms. The van der Waals surface area contributed by atoms with E-state index in [-0.39, 0.29) is 6.61 Å². The summed E-state index contributed by atoms with van der Waals surface area (Å²) >= 11 is 0. The highest BCUT2D eigenvalue weighted by Crippen LogP contribution is 2.36. The second-order valence-electron chi connectivity index (χ2n) is 4.31. The lowest BCUT2D eigenvalue weighted by molar-refractivity contribution is -0.138. The lowest BCUT2D eigenvalue weighted by Gasteiger charge is -2.12. The van der Waals surface area contributed by atoms with Crippen molar-refractivity contribution in [1.29, 1.82) is 0 Å². The Labute approximate surface area is 119 Å². The molecule has 0 aliphatic heterocycles. The Kier molecular flexibility index (Phi) is 4.26. The summed E-state index contributed by atoms with van der Waals surface area (Å²) in [5, 5.41) is 9.24. The van der Waals surface area contributed by atoms with Gasteiger partial charge in [-0.1, -0.05) is 6.07 Å². The number of phenols is 1. The Morgan fingerprint density at radius 3 is 2.19 bits per heavy atom. The molecule has 0 radical (unpaired) electrons. The van der Waals surface area contributed by atoms with E-state index in [1.54, 1.807) is 24.3 Å². The smallest absolute Gasteiger partial charge is 0.419 e. The number of hydrogen-bond acceptors (Lipinski definition) is 3. The van der Waals surface area contributed by atoms with Gasteiger partial charge in [0.15, 0.2) is 0 Å². The maximum absolute atomic E-state index is 12.7. The Morgan fingerprint density at radius 1 is 1.00 bits per heavy atom. The van der Waals surface area contributed by atoms with Gasteiger partial charge < -0.3 is 14.6 Å². The van der Waals surface area contributed by atoms with Crippen molar-refractivity contribution in [3.8, 4) is 17.2 Å². The van der Waals surface area contributed by atoms with E-state index in [2.05, 4.69) is 0 Å². The highest BCUT2D eigenvalue weighted by atomic mass is 19.4. The van der Waals surface area contributed by atoms with Crippen molar-refractivity contribution in [2.75, 3.05) is 7.11 Å². The summed E-state index contributed by atoms with van der Waals surface area (Å²) in [4.78, 5) is 0. The summed E-state index contributed by atoms with van der Waals surface area (Å²) in [6, 6.07) is 9.96. The number of halogens is 3. The summed E-state index contributed by atoms with van der Waals surface area (Å²) in [7, 11) is 1.53. The van der Waals surface area contributed by atoms with Gasteiger partial charge in [-0.3, -0.25) is 0 Å². The molecule has 6 heteroatoms. The number of ether oxygens (including phenoxy) is 2. The fourth-order valence-electron chi connectivity index (χ4n) is 1.74. The van der Waals surface area contributed by atoms with Gasteiger partial charge in [0.05, 0.1) is 12.7 Å². The van der Waals surface area contributed by atoms with E-state index in [4.69, 9.17) is 9.47 Å². The van der Waals surface area contributed by atoms with Crippen LogP contribution in [0.15, 0.2) is 42.5 Å². The monoisotopic (exact) mass is 298 g/mol. The van der Waals surface area contributed by atoms with Crippen LogP contribution in [0.1, 0.15) is 11.1 Å². The second kappa shape index (κ2) is 5.95. The van der Waals surface area contributed by atoms with E-state index >= 15 is 0 Å². The largest absolute Gasteiger partial charge is 0.507 e. The minimum atomic E-state index is -4.60. The number of hydrogen-bond donors (Lipinski definition) is 1. The van der Waals surface area contributed by atoms with Crippen molar-refractivity contribution >= 4 is 0 Å². The molecule has 0 aliphatic rings. The quantitative estimate of drug-likeness (QED) is 0.927. The molecule has 0 aliphatic carbocycles. The molecular weight excluding hydrogens is 285 g/mol. The van der Waals surface area contributed by atoms with Crippen LogP contribution >= 0.6 is 0 Å². The van der Waals surface area contributed by atoms with Crippen LogP contribution in [-0.2, 0) is 12.8 Å². The van der Waals surface area contributed by atoms with Gasteiger partial charge in [0.25, 0.3) is 0 Å². The fourth-order valence-corrected chi connectivity index (χ4v) is 1.74. The first kappa shape index (κ1) is 15.0.